The van der Waals surface area contributed by atoms with E-state index in [1.54, 1.807) is 0 Å². The number of esters is 1. The number of carbonyl (C=O) groups is 1. The SMILES string of the molecule is CCCc1nc2ccccc2c(OC(C)=O)c1C. The molecule has 0 saturated heterocycles. The van der Waals surface area contributed by atoms with E-state index >= 15 is 0 Å². The molecule has 0 spiro atoms. The first-order valence-corrected chi connectivity index (χ1v) is 6.20. The van der Waals surface area contributed by atoms with Crippen LogP contribution < -0.4 is 4.74 Å². The molecule has 2 rings (SSSR count). The molecule has 94 valence electrons. The molecule has 2 aromatic rings. The molecule has 0 unspecified atom stereocenters. The Hall–Kier alpha value is -1.90. The molecule has 18 heavy (non-hydrogen) atoms. The fourth-order valence-corrected chi connectivity index (χ4v) is 2.08. The molecule has 1 aromatic carbocycles. The molecule has 0 fully saturated rings. The molecule has 0 N–H and O–H groups in total. The van der Waals surface area contributed by atoms with Gasteiger partial charge < -0.3 is 4.74 Å². The van der Waals surface area contributed by atoms with Crippen molar-refractivity contribution in [1.82, 2.24) is 4.98 Å². The quantitative estimate of drug-likeness (QED) is 0.775. The van der Waals surface area contributed by atoms with Crippen molar-refractivity contribution in [1.29, 1.82) is 0 Å². The standard InChI is InChI=1S/C15H17NO2/c1-4-7-13-10(2)15(18-11(3)17)12-8-5-6-9-14(12)16-13/h5-6,8-9H,4,7H2,1-3H3. The molecule has 0 saturated carbocycles. The normalized spacial score (nSPS) is 10.6. The molecule has 0 radical (unpaired) electrons. The van der Waals surface area contributed by atoms with E-state index in [9.17, 15) is 4.79 Å². The summed E-state index contributed by atoms with van der Waals surface area (Å²) < 4.78 is 5.37. The summed E-state index contributed by atoms with van der Waals surface area (Å²) in [5.74, 6) is 0.355. The van der Waals surface area contributed by atoms with Crippen LogP contribution in [0.5, 0.6) is 5.75 Å². The van der Waals surface area contributed by atoms with Gasteiger partial charge in [0.15, 0.2) is 0 Å². The highest BCUT2D eigenvalue weighted by atomic mass is 16.5. The van der Waals surface area contributed by atoms with E-state index < -0.39 is 0 Å². The molecule has 0 amide bonds. The van der Waals surface area contributed by atoms with Crippen molar-refractivity contribution < 1.29 is 9.53 Å². The highest BCUT2D eigenvalue weighted by molar-refractivity contribution is 5.89. The predicted molar refractivity (Wildman–Crippen MR) is 71.8 cm³/mol. The maximum Gasteiger partial charge on any atom is 0.308 e. The number of para-hydroxylation sites is 1. The molecule has 3 heteroatoms. The number of benzene rings is 1. The number of nitrogens with zero attached hydrogens (tertiary/aromatic N) is 1. The van der Waals surface area contributed by atoms with E-state index in [4.69, 9.17) is 4.74 Å². The fourth-order valence-electron chi connectivity index (χ4n) is 2.08. The second-order valence-corrected chi connectivity index (χ2v) is 4.37. The van der Waals surface area contributed by atoms with Gasteiger partial charge in [0.25, 0.3) is 0 Å². The lowest BCUT2D eigenvalue weighted by Gasteiger charge is -2.13. The van der Waals surface area contributed by atoms with Gasteiger partial charge in [-0.15, -0.1) is 0 Å². The highest BCUT2D eigenvalue weighted by Gasteiger charge is 2.13. The maximum atomic E-state index is 11.2. The van der Waals surface area contributed by atoms with Crippen molar-refractivity contribution in [2.24, 2.45) is 0 Å². The Morgan fingerprint density at radius 3 is 2.72 bits per heavy atom. The number of ether oxygens (including phenoxy) is 1. The molecular formula is C15H17NO2. The van der Waals surface area contributed by atoms with Gasteiger partial charge in [0, 0.05) is 23.6 Å². The Labute approximate surface area is 107 Å². The first-order valence-electron chi connectivity index (χ1n) is 6.20. The number of fused-ring (bicyclic) bond motifs is 1. The van der Waals surface area contributed by atoms with E-state index in [-0.39, 0.29) is 5.97 Å². The lowest BCUT2D eigenvalue weighted by molar-refractivity contribution is -0.131. The van der Waals surface area contributed by atoms with E-state index in [1.807, 2.05) is 31.2 Å². The summed E-state index contributed by atoms with van der Waals surface area (Å²) in [6.45, 7) is 5.50. The molecule has 1 aromatic heterocycles. The first-order chi connectivity index (χ1) is 8.63. The summed E-state index contributed by atoms with van der Waals surface area (Å²) in [5.41, 5.74) is 2.85. The zero-order valence-corrected chi connectivity index (χ0v) is 11.0. The monoisotopic (exact) mass is 243 g/mol. The number of rotatable bonds is 3. The van der Waals surface area contributed by atoms with Crippen LogP contribution >= 0.6 is 0 Å². The van der Waals surface area contributed by atoms with Crippen molar-refractivity contribution in [3.63, 3.8) is 0 Å². The summed E-state index contributed by atoms with van der Waals surface area (Å²) in [5, 5.41) is 0.894. The average molecular weight is 243 g/mol. The number of hydrogen-bond acceptors (Lipinski definition) is 3. The van der Waals surface area contributed by atoms with Crippen LogP contribution in [-0.2, 0) is 11.2 Å². The van der Waals surface area contributed by atoms with Crippen LogP contribution in [0.3, 0.4) is 0 Å². The minimum absolute atomic E-state index is 0.295. The van der Waals surface area contributed by atoms with Gasteiger partial charge in [0.1, 0.15) is 5.75 Å². The minimum atomic E-state index is -0.295. The largest absolute Gasteiger partial charge is 0.426 e. The predicted octanol–water partition coefficient (Wildman–Crippen LogP) is 3.42. The highest BCUT2D eigenvalue weighted by Crippen LogP contribution is 2.30. The van der Waals surface area contributed by atoms with Crippen molar-refractivity contribution in [2.75, 3.05) is 0 Å². The van der Waals surface area contributed by atoms with Crippen LogP contribution in [0.1, 0.15) is 31.5 Å². The molecule has 0 aliphatic heterocycles. The third-order valence-electron chi connectivity index (χ3n) is 2.91. The number of carbonyl (C=O) groups excluding carboxylic acids is 1. The Morgan fingerprint density at radius 1 is 1.33 bits per heavy atom. The van der Waals surface area contributed by atoms with Crippen LogP contribution in [0, 0.1) is 6.92 Å². The van der Waals surface area contributed by atoms with Crippen LogP contribution in [0.2, 0.25) is 0 Å². The Bertz CT molecular complexity index is 590. The number of hydrogen-bond donors (Lipinski definition) is 0. The van der Waals surface area contributed by atoms with Gasteiger partial charge in [0.05, 0.1) is 5.52 Å². The zero-order valence-electron chi connectivity index (χ0n) is 11.0. The smallest absolute Gasteiger partial charge is 0.308 e. The Morgan fingerprint density at radius 2 is 2.06 bits per heavy atom. The Kier molecular flexibility index (Phi) is 3.60. The summed E-state index contributed by atoms with van der Waals surface area (Å²) in [6.07, 6.45) is 1.91. The fraction of sp³-hybridized carbons (Fsp3) is 0.333. The van der Waals surface area contributed by atoms with Gasteiger partial charge in [-0.25, -0.2) is 0 Å². The van der Waals surface area contributed by atoms with Crippen molar-refractivity contribution in [3.05, 3.63) is 35.5 Å². The summed E-state index contributed by atoms with van der Waals surface area (Å²) >= 11 is 0. The molecular weight excluding hydrogens is 226 g/mol. The number of aryl methyl sites for hydroxylation is 1. The summed E-state index contributed by atoms with van der Waals surface area (Å²) in [6, 6.07) is 7.75. The van der Waals surface area contributed by atoms with E-state index in [1.165, 1.54) is 6.92 Å². The van der Waals surface area contributed by atoms with Crippen LogP contribution in [-0.4, -0.2) is 11.0 Å². The number of aromatic nitrogens is 1. The van der Waals surface area contributed by atoms with Gasteiger partial charge in [-0.3, -0.25) is 9.78 Å². The van der Waals surface area contributed by atoms with Crippen molar-refractivity contribution in [3.8, 4) is 5.75 Å². The second kappa shape index (κ2) is 5.17. The molecule has 0 aliphatic carbocycles. The maximum absolute atomic E-state index is 11.2. The van der Waals surface area contributed by atoms with E-state index in [2.05, 4.69) is 11.9 Å². The van der Waals surface area contributed by atoms with Gasteiger partial charge in [0.2, 0.25) is 0 Å². The average Bonchev–Trinajstić information content (AvgIpc) is 2.34. The minimum Gasteiger partial charge on any atom is -0.426 e. The zero-order chi connectivity index (χ0) is 13.1. The van der Waals surface area contributed by atoms with Gasteiger partial charge >= 0.3 is 5.97 Å². The second-order valence-electron chi connectivity index (χ2n) is 4.37. The Balaban J connectivity index is 2.68. The molecule has 1 heterocycles. The summed E-state index contributed by atoms with van der Waals surface area (Å²) in [4.78, 5) is 15.9. The molecule has 0 atom stereocenters. The lowest BCUT2D eigenvalue weighted by Crippen LogP contribution is -2.06. The first kappa shape index (κ1) is 12.6. The van der Waals surface area contributed by atoms with Gasteiger partial charge in [-0.1, -0.05) is 25.5 Å². The van der Waals surface area contributed by atoms with Crippen LogP contribution in [0.25, 0.3) is 10.9 Å². The summed E-state index contributed by atoms with van der Waals surface area (Å²) in [7, 11) is 0. The lowest BCUT2D eigenvalue weighted by atomic mass is 10.1. The van der Waals surface area contributed by atoms with Gasteiger partial charge in [-0.05, 0) is 25.5 Å². The van der Waals surface area contributed by atoms with E-state index in [0.29, 0.717) is 5.75 Å². The van der Waals surface area contributed by atoms with Crippen molar-refractivity contribution >= 4 is 16.9 Å². The van der Waals surface area contributed by atoms with Gasteiger partial charge in [-0.2, -0.15) is 0 Å². The van der Waals surface area contributed by atoms with E-state index in [0.717, 1.165) is 35.0 Å². The molecule has 0 bridgehead atoms. The third-order valence-corrected chi connectivity index (χ3v) is 2.91. The topological polar surface area (TPSA) is 39.2 Å². The molecule has 0 aliphatic rings. The molecule has 3 nitrogen and oxygen atoms in total. The van der Waals surface area contributed by atoms with Crippen LogP contribution in [0.4, 0.5) is 0 Å². The van der Waals surface area contributed by atoms with Crippen LogP contribution in [0.15, 0.2) is 24.3 Å². The third kappa shape index (κ3) is 2.35. The van der Waals surface area contributed by atoms with Crippen molar-refractivity contribution in [2.45, 2.75) is 33.6 Å². The number of pyridine rings is 1.